The molecule has 0 saturated heterocycles. The van der Waals surface area contributed by atoms with Gasteiger partial charge in [-0.1, -0.05) is 67.6 Å². The van der Waals surface area contributed by atoms with Crippen LogP contribution in [0.25, 0.3) is 0 Å². The van der Waals surface area contributed by atoms with E-state index in [0.29, 0.717) is 17.6 Å². The predicted molar refractivity (Wildman–Crippen MR) is 79.6 cm³/mol. The first-order valence-corrected chi connectivity index (χ1v) is 7.39. The highest BCUT2D eigenvalue weighted by Gasteiger charge is 2.74. The number of carbonyl (C=O) groups is 1. The molecule has 2 aromatic rings. The minimum absolute atomic E-state index is 0.0553. The van der Waals surface area contributed by atoms with Gasteiger partial charge in [0.2, 0.25) is 0 Å². The molecule has 1 nitrogen and oxygen atoms in total. The zero-order valence-electron chi connectivity index (χ0n) is 11.6. The number of Topliss-reactive ketones (excluding diaryl/α,β-unsaturated/α-hetero) is 1. The van der Waals surface area contributed by atoms with Crippen LogP contribution in [0.3, 0.4) is 0 Å². The standard InChI is InChI=1S/C19H18O/c1-13-12-16(20)18-17(14-8-4-2-5-9-14)19(13,18)15-10-6-3-7-11-15/h2-11,13,17-18H,12H2,1H3/t13-,17-,18+,19+/m0/s1. The van der Waals surface area contributed by atoms with Crippen LogP contribution in [0.5, 0.6) is 0 Å². The minimum atomic E-state index is 0.0553. The molecule has 2 aliphatic rings. The fourth-order valence-electron chi connectivity index (χ4n) is 4.57. The van der Waals surface area contributed by atoms with Crippen LogP contribution in [0.15, 0.2) is 60.7 Å². The molecule has 2 saturated carbocycles. The third-order valence-corrected chi connectivity index (χ3v) is 5.36. The van der Waals surface area contributed by atoms with Crippen LogP contribution < -0.4 is 0 Å². The molecule has 2 aromatic carbocycles. The minimum Gasteiger partial charge on any atom is -0.299 e. The Morgan fingerprint density at radius 3 is 2.15 bits per heavy atom. The summed E-state index contributed by atoms with van der Waals surface area (Å²) in [5.41, 5.74) is 2.72. The van der Waals surface area contributed by atoms with E-state index >= 15 is 0 Å². The van der Waals surface area contributed by atoms with Crippen molar-refractivity contribution >= 4 is 5.78 Å². The normalized spacial score (nSPS) is 34.9. The molecule has 0 amide bonds. The molecule has 0 radical (unpaired) electrons. The Morgan fingerprint density at radius 1 is 0.900 bits per heavy atom. The summed E-state index contributed by atoms with van der Waals surface area (Å²) < 4.78 is 0. The van der Waals surface area contributed by atoms with Gasteiger partial charge in [-0.25, -0.2) is 0 Å². The van der Waals surface area contributed by atoms with Gasteiger partial charge in [0, 0.05) is 23.7 Å². The van der Waals surface area contributed by atoms with Gasteiger partial charge in [0.05, 0.1) is 0 Å². The molecule has 20 heavy (non-hydrogen) atoms. The highest BCUT2D eigenvalue weighted by atomic mass is 16.1. The van der Waals surface area contributed by atoms with Crippen LogP contribution in [0.1, 0.15) is 30.4 Å². The maximum absolute atomic E-state index is 12.4. The summed E-state index contributed by atoms with van der Waals surface area (Å²) in [6, 6.07) is 21.2. The smallest absolute Gasteiger partial charge is 0.137 e. The number of hydrogen-bond donors (Lipinski definition) is 0. The Bertz CT molecular complexity index is 646. The second-order valence-corrected chi connectivity index (χ2v) is 6.24. The van der Waals surface area contributed by atoms with E-state index in [4.69, 9.17) is 0 Å². The summed E-state index contributed by atoms with van der Waals surface area (Å²) in [6.07, 6.45) is 0.739. The second-order valence-electron chi connectivity index (χ2n) is 6.24. The van der Waals surface area contributed by atoms with Crippen LogP contribution in [0, 0.1) is 11.8 Å². The summed E-state index contributed by atoms with van der Waals surface area (Å²) in [7, 11) is 0. The average Bonchev–Trinajstić information content (AvgIpc) is 3.13. The molecular weight excluding hydrogens is 244 g/mol. The largest absolute Gasteiger partial charge is 0.299 e. The Morgan fingerprint density at radius 2 is 1.50 bits per heavy atom. The van der Waals surface area contributed by atoms with Gasteiger partial charge >= 0.3 is 0 Å². The number of ketones is 1. The zero-order valence-corrected chi connectivity index (χ0v) is 11.6. The molecule has 1 heteroatoms. The van der Waals surface area contributed by atoms with Gasteiger partial charge in [-0.05, 0) is 17.0 Å². The van der Waals surface area contributed by atoms with Crippen molar-refractivity contribution < 1.29 is 4.79 Å². The summed E-state index contributed by atoms with van der Waals surface area (Å²) >= 11 is 0. The van der Waals surface area contributed by atoms with Crippen molar-refractivity contribution in [2.75, 3.05) is 0 Å². The monoisotopic (exact) mass is 262 g/mol. The third-order valence-electron chi connectivity index (χ3n) is 5.36. The number of fused-ring (bicyclic) bond motifs is 1. The maximum Gasteiger partial charge on any atom is 0.137 e. The molecule has 4 rings (SSSR count). The Labute approximate surface area is 119 Å². The molecule has 2 fully saturated rings. The van der Waals surface area contributed by atoms with Gasteiger partial charge in [0.15, 0.2) is 0 Å². The molecule has 0 bridgehead atoms. The lowest BCUT2D eigenvalue weighted by Gasteiger charge is -2.22. The zero-order chi connectivity index (χ0) is 13.7. The molecular formula is C19H18O. The van der Waals surface area contributed by atoms with Gasteiger partial charge in [-0.2, -0.15) is 0 Å². The lowest BCUT2D eigenvalue weighted by atomic mass is 9.81. The molecule has 0 aromatic heterocycles. The van der Waals surface area contributed by atoms with Crippen molar-refractivity contribution in [2.45, 2.75) is 24.7 Å². The van der Waals surface area contributed by atoms with E-state index in [-0.39, 0.29) is 11.3 Å². The lowest BCUT2D eigenvalue weighted by Crippen LogP contribution is -2.18. The quantitative estimate of drug-likeness (QED) is 0.801. The fraction of sp³-hybridized carbons (Fsp3) is 0.316. The summed E-state index contributed by atoms with van der Waals surface area (Å²) in [5, 5.41) is 0. The van der Waals surface area contributed by atoms with E-state index in [1.807, 2.05) is 6.07 Å². The van der Waals surface area contributed by atoms with Crippen LogP contribution >= 0.6 is 0 Å². The first-order valence-electron chi connectivity index (χ1n) is 7.39. The van der Waals surface area contributed by atoms with E-state index in [1.165, 1.54) is 11.1 Å². The van der Waals surface area contributed by atoms with Crippen LogP contribution in [-0.4, -0.2) is 5.78 Å². The van der Waals surface area contributed by atoms with Gasteiger partial charge in [-0.3, -0.25) is 4.79 Å². The Hall–Kier alpha value is -1.89. The molecule has 2 aliphatic carbocycles. The fourth-order valence-corrected chi connectivity index (χ4v) is 4.57. The second kappa shape index (κ2) is 4.05. The Kier molecular flexibility index (Phi) is 2.41. The van der Waals surface area contributed by atoms with E-state index in [9.17, 15) is 4.79 Å². The lowest BCUT2D eigenvalue weighted by molar-refractivity contribution is -0.119. The van der Waals surface area contributed by atoms with Crippen molar-refractivity contribution in [3.05, 3.63) is 71.8 Å². The van der Waals surface area contributed by atoms with Crippen LogP contribution in [0.4, 0.5) is 0 Å². The van der Waals surface area contributed by atoms with Crippen molar-refractivity contribution in [1.29, 1.82) is 0 Å². The average molecular weight is 262 g/mol. The van der Waals surface area contributed by atoms with Gasteiger partial charge < -0.3 is 0 Å². The SMILES string of the molecule is C[C@H]1CC(=O)[C@@H]2[C@H](c3ccccc3)[C@@]21c1ccccc1. The molecule has 4 atom stereocenters. The number of carbonyl (C=O) groups excluding carboxylic acids is 1. The molecule has 0 heterocycles. The summed E-state index contributed by atoms with van der Waals surface area (Å²) in [5.74, 6) is 1.47. The number of hydrogen-bond acceptors (Lipinski definition) is 1. The summed E-state index contributed by atoms with van der Waals surface area (Å²) in [6.45, 7) is 2.24. The van der Waals surface area contributed by atoms with Crippen LogP contribution in [0.2, 0.25) is 0 Å². The third kappa shape index (κ3) is 1.35. The van der Waals surface area contributed by atoms with E-state index < -0.39 is 0 Å². The molecule has 0 unspecified atom stereocenters. The van der Waals surface area contributed by atoms with Crippen molar-refractivity contribution in [1.82, 2.24) is 0 Å². The molecule has 100 valence electrons. The molecule has 0 aliphatic heterocycles. The molecule has 0 N–H and O–H groups in total. The van der Waals surface area contributed by atoms with Crippen molar-refractivity contribution in [3.63, 3.8) is 0 Å². The number of rotatable bonds is 2. The van der Waals surface area contributed by atoms with Crippen molar-refractivity contribution in [2.24, 2.45) is 11.8 Å². The number of benzene rings is 2. The van der Waals surface area contributed by atoms with E-state index in [1.54, 1.807) is 0 Å². The predicted octanol–water partition coefficient (Wildman–Crippen LogP) is 3.95. The first-order chi connectivity index (χ1) is 9.76. The maximum atomic E-state index is 12.4. The van der Waals surface area contributed by atoms with Gasteiger partial charge in [-0.15, -0.1) is 0 Å². The highest BCUT2D eigenvalue weighted by Crippen LogP contribution is 2.74. The van der Waals surface area contributed by atoms with Crippen molar-refractivity contribution in [3.8, 4) is 0 Å². The first kappa shape index (κ1) is 11.9. The Balaban J connectivity index is 1.85. The van der Waals surface area contributed by atoms with Gasteiger partial charge in [0.1, 0.15) is 5.78 Å². The van der Waals surface area contributed by atoms with Crippen LogP contribution in [-0.2, 0) is 10.2 Å². The van der Waals surface area contributed by atoms with E-state index in [2.05, 4.69) is 61.5 Å². The van der Waals surface area contributed by atoms with Gasteiger partial charge in [0.25, 0.3) is 0 Å². The van der Waals surface area contributed by atoms with E-state index in [0.717, 1.165) is 6.42 Å². The molecule has 0 spiro atoms. The summed E-state index contributed by atoms with van der Waals surface area (Å²) in [4.78, 5) is 12.4. The highest BCUT2D eigenvalue weighted by molar-refractivity contribution is 5.93. The topological polar surface area (TPSA) is 17.1 Å².